The van der Waals surface area contributed by atoms with Gasteiger partial charge in [0.1, 0.15) is 5.60 Å². The van der Waals surface area contributed by atoms with Crippen molar-refractivity contribution in [2.75, 3.05) is 20.4 Å². The van der Waals surface area contributed by atoms with Crippen LogP contribution in [0.2, 0.25) is 0 Å². The van der Waals surface area contributed by atoms with Gasteiger partial charge in [0.05, 0.1) is 5.41 Å². The van der Waals surface area contributed by atoms with Crippen molar-refractivity contribution in [1.82, 2.24) is 4.90 Å². The molecule has 2 heterocycles. The number of rotatable bonds is 2. The Morgan fingerprint density at radius 2 is 2.29 bits per heavy atom. The molecule has 126 valence electrons. The molecule has 6 nitrogen and oxygen atoms in total. The molecule has 0 unspecified atom stereocenters. The Labute approximate surface area is 139 Å². The van der Waals surface area contributed by atoms with Crippen molar-refractivity contribution < 1.29 is 24.5 Å². The van der Waals surface area contributed by atoms with E-state index in [4.69, 9.17) is 14.6 Å². The molecule has 0 amide bonds. The molecule has 2 aliphatic heterocycles. The molecule has 1 aromatic carbocycles. The Morgan fingerprint density at radius 3 is 3.08 bits per heavy atom. The number of carbonyl (C=O) groups is 1. The summed E-state index contributed by atoms with van der Waals surface area (Å²) in [5.74, 6) is 0.805. The maximum atomic E-state index is 12.6. The second-order valence-corrected chi connectivity index (χ2v) is 7.18. The van der Waals surface area contributed by atoms with E-state index in [1.54, 1.807) is 12.1 Å². The predicted molar refractivity (Wildman–Crippen MR) is 84.1 cm³/mol. The molecule has 6 heteroatoms. The van der Waals surface area contributed by atoms with Gasteiger partial charge in [-0.15, -0.1) is 0 Å². The number of aliphatic hydroxyl groups is 2. The van der Waals surface area contributed by atoms with Crippen LogP contribution in [0.25, 0.3) is 0 Å². The highest BCUT2D eigenvalue weighted by Gasteiger charge is 2.71. The van der Waals surface area contributed by atoms with Crippen molar-refractivity contribution in [2.45, 2.75) is 36.0 Å². The zero-order valence-corrected chi connectivity index (χ0v) is 13.4. The zero-order valence-electron chi connectivity index (χ0n) is 13.4. The molecule has 2 N–H and O–H groups in total. The number of aliphatic hydroxyl groups excluding tert-OH is 1. The number of piperidine rings is 1. The first-order valence-electron chi connectivity index (χ1n) is 8.25. The lowest BCUT2D eigenvalue weighted by Gasteiger charge is -2.60. The molecule has 4 atom stereocenters. The molecule has 2 bridgehead atoms. The zero-order chi connectivity index (χ0) is 16.7. The lowest BCUT2D eigenvalue weighted by molar-refractivity contribution is -0.151. The Hall–Kier alpha value is -1.89. The molecule has 0 saturated carbocycles. The first kappa shape index (κ1) is 14.5. The second kappa shape index (κ2) is 4.39. The summed E-state index contributed by atoms with van der Waals surface area (Å²) in [5.41, 5.74) is 0.0627. The van der Waals surface area contributed by atoms with Gasteiger partial charge in [-0.05, 0) is 50.2 Å². The van der Waals surface area contributed by atoms with E-state index < -0.39 is 23.9 Å². The summed E-state index contributed by atoms with van der Waals surface area (Å²) < 4.78 is 11.4. The number of nitrogens with zero attached hydrogens (tertiary/aromatic N) is 1. The summed E-state index contributed by atoms with van der Waals surface area (Å²) >= 11 is 0. The molecule has 1 spiro atoms. The Bertz CT molecular complexity index is 790. The maximum absolute atomic E-state index is 12.6. The summed E-state index contributed by atoms with van der Waals surface area (Å²) in [4.78, 5) is 14.8. The van der Waals surface area contributed by atoms with Gasteiger partial charge in [0.25, 0.3) is 0 Å². The van der Waals surface area contributed by atoms with Crippen LogP contribution < -0.4 is 9.47 Å². The predicted octanol–water partition coefficient (Wildman–Crippen LogP) is 0.144. The van der Waals surface area contributed by atoms with Crippen LogP contribution >= 0.6 is 0 Å². The van der Waals surface area contributed by atoms with Crippen molar-refractivity contribution >= 4 is 5.78 Å². The molecule has 0 radical (unpaired) electrons. The molecule has 2 aliphatic carbocycles. The molecule has 4 aliphatic rings. The molecule has 24 heavy (non-hydrogen) atoms. The minimum absolute atomic E-state index is 0.0928. The van der Waals surface area contributed by atoms with Crippen molar-refractivity contribution in [3.63, 3.8) is 0 Å². The molecule has 1 fully saturated rings. The van der Waals surface area contributed by atoms with Crippen LogP contribution in [0.5, 0.6) is 11.5 Å². The van der Waals surface area contributed by atoms with E-state index in [-0.39, 0.29) is 11.8 Å². The van der Waals surface area contributed by atoms with Crippen LogP contribution in [-0.2, 0) is 16.6 Å². The fourth-order valence-corrected chi connectivity index (χ4v) is 5.30. The number of likely N-dealkylation sites (N-methyl/N-ethyl adjacent to an activating group) is 1. The molecule has 0 aromatic heterocycles. The summed E-state index contributed by atoms with van der Waals surface area (Å²) in [6.45, 7) is 0.326. The highest BCUT2D eigenvalue weighted by Crippen LogP contribution is 2.63. The minimum Gasteiger partial charge on any atom is -0.477 e. The first-order valence-corrected chi connectivity index (χ1v) is 8.25. The number of likely N-dealkylation sites (tertiary alicyclic amines) is 1. The summed E-state index contributed by atoms with van der Waals surface area (Å²) in [6, 6.07) is 3.65. The van der Waals surface area contributed by atoms with Gasteiger partial charge in [0, 0.05) is 11.6 Å². The van der Waals surface area contributed by atoms with E-state index in [0.717, 1.165) is 17.7 Å². The van der Waals surface area contributed by atoms with Crippen molar-refractivity contribution in [3.8, 4) is 11.5 Å². The lowest BCUT2D eigenvalue weighted by atomic mass is 9.51. The van der Waals surface area contributed by atoms with Crippen LogP contribution in [0.3, 0.4) is 0 Å². The van der Waals surface area contributed by atoms with Crippen molar-refractivity contribution in [3.05, 3.63) is 35.4 Å². The maximum Gasteiger partial charge on any atom is 0.196 e. The van der Waals surface area contributed by atoms with Gasteiger partial charge in [-0.2, -0.15) is 0 Å². The van der Waals surface area contributed by atoms with Gasteiger partial charge in [-0.3, -0.25) is 9.69 Å². The van der Waals surface area contributed by atoms with Crippen molar-refractivity contribution in [1.29, 1.82) is 0 Å². The summed E-state index contributed by atoms with van der Waals surface area (Å²) in [5, 5.41) is 20.8. The van der Waals surface area contributed by atoms with Crippen LogP contribution in [0, 0.1) is 0 Å². The van der Waals surface area contributed by atoms with Gasteiger partial charge in [-0.1, -0.05) is 6.07 Å². The van der Waals surface area contributed by atoms with E-state index in [1.165, 1.54) is 6.08 Å². The standard InChI is InChI=1S/C18H19NO5/c1-19-7-6-17-14-10-2-3-12(23-9-20)15(14)24-16(17)11(21)4-5-18(17,22)13(19)8-10/h2-5,13,16,20,22H,6-9H2,1H3/t13-,16+,17+,18-/m1/s1. The lowest BCUT2D eigenvalue weighted by Crippen LogP contribution is -2.74. The molecular weight excluding hydrogens is 310 g/mol. The SMILES string of the molecule is CN1CC[C@]23c4c5ccc(OCO)c4O[C@H]2C(=O)C=C[C@@]3(O)[C@H]1C5. The van der Waals surface area contributed by atoms with Gasteiger partial charge in [0.2, 0.25) is 0 Å². The third-order valence-electron chi connectivity index (χ3n) is 6.34. The summed E-state index contributed by atoms with van der Waals surface area (Å²) in [7, 11) is 2.01. The smallest absolute Gasteiger partial charge is 0.196 e. The molecule has 1 saturated heterocycles. The molecule has 5 rings (SSSR count). The number of benzene rings is 1. The Kier molecular flexibility index (Phi) is 2.64. The van der Waals surface area contributed by atoms with Gasteiger partial charge >= 0.3 is 0 Å². The first-order chi connectivity index (χ1) is 11.5. The van der Waals surface area contributed by atoms with E-state index >= 15 is 0 Å². The largest absolute Gasteiger partial charge is 0.477 e. The average Bonchev–Trinajstić information content (AvgIpc) is 2.92. The normalized spacial score (nSPS) is 38.7. The molecule has 1 aromatic rings. The number of hydrogen-bond acceptors (Lipinski definition) is 6. The van der Waals surface area contributed by atoms with E-state index in [9.17, 15) is 9.90 Å². The number of carbonyl (C=O) groups excluding carboxylic acids is 1. The Balaban J connectivity index is 1.84. The monoisotopic (exact) mass is 329 g/mol. The topological polar surface area (TPSA) is 79.2 Å². The van der Waals surface area contributed by atoms with Gasteiger partial charge in [0.15, 0.2) is 30.2 Å². The van der Waals surface area contributed by atoms with E-state index in [1.807, 2.05) is 13.1 Å². The fourth-order valence-electron chi connectivity index (χ4n) is 5.30. The Morgan fingerprint density at radius 1 is 1.46 bits per heavy atom. The third kappa shape index (κ3) is 1.37. The van der Waals surface area contributed by atoms with E-state index in [2.05, 4.69) is 4.90 Å². The minimum atomic E-state index is -1.14. The average molecular weight is 329 g/mol. The van der Waals surface area contributed by atoms with Crippen LogP contribution in [0.15, 0.2) is 24.3 Å². The van der Waals surface area contributed by atoms with Gasteiger partial charge < -0.3 is 19.7 Å². The van der Waals surface area contributed by atoms with Gasteiger partial charge in [-0.25, -0.2) is 0 Å². The van der Waals surface area contributed by atoms with E-state index in [0.29, 0.717) is 24.3 Å². The molecular formula is C18H19NO5. The number of hydrogen-bond donors (Lipinski definition) is 2. The fraction of sp³-hybridized carbons (Fsp3) is 0.500. The van der Waals surface area contributed by atoms with Crippen LogP contribution in [-0.4, -0.2) is 59.0 Å². The van der Waals surface area contributed by atoms with Crippen molar-refractivity contribution in [2.24, 2.45) is 0 Å². The number of ether oxygens (including phenoxy) is 2. The third-order valence-corrected chi connectivity index (χ3v) is 6.34. The van der Waals surface area contributed by atoms with Crippen LogP contribution in [0.4, 0.5) is 0 Å². The van der Waals surface area contributed by atoms with Crippen LogP contribution in [0.1, 0.15) is 17.5 Å². The number of ketones is 1. The highest BCUT2D eigenvalue weighted by molar-refractivity contribution is 5.99. The summed E-state index contributed by atoms with van der Waals surface area (Å²) in [6.07, 6.45) is 3.72. The second-order valence-electron chi connectivity index (χ2n) is 7.18. The highest BCUT2D eigenvalue weighted by atomic mass is 16.6. The quantitative estimate of drug-likeness (QED) is 0.752.